The molecule has 0 aliphatic rings. The molecule has 0 radical (unpaired) electrons. The highest BCUT2D eigenvalue weighted by molar-refractivity contribution is 6.43. The molecule has 0 unspecified atom stereocenters. The van der Waals surface area contributed by atoms with Gasteiger partial charge in [0.15, 0.2) is 5.78 Å². The van der Waals surface area contributed by atoms with Crippen molar-refractivity contribution in [3.8, 4) is 0 Å². The standard InChI is InChI=1S/C15H8Cl3NO3/c16-11-6-4-10(8-13(11)19(21)22)14(20)7-5-9-2-1-3-12(17)15(9)18/h1-8H. The Morgan fingerprint density at radius 3 is 2.50 bits per heavy atom. The summed E-state index contributed by atoms with van der Waals surface area (Å²) in [5.74, 6) is -0.407. The molecule has 7 heteroatoms. The van der Waals surface area contributed by atoms with Gasteiger partial charge in [-0.05, 0) is 35.9 Å². The SMILES string of the molecule is O=C(C=Cc1cccc(Cl)c1Cl)c1ccc(Cl)c([N+](=O)[O-])c1. The summed E-state index contributed by atoms with van der Waals surface area (Å²) in [7, 11) is 0. The van der Waals surface area contributed by atoms with Crippen molar-refractivity contribution in [1.29, 1.82) is 0 Å². The maximum atomic E-state index is 12.1. The van der Waals surface area contributed by atoms with Crippen LogP contribution in [0.3, 0.4) is 0 Å². The van der Waals surface area contributed by atoms with E-state index in [1.165, 1.54) is 24.3 Å². The van der Waals surface area contributed by atoms with Crippen molar-refractivity contribution >= 4 is 52.3 Å². The molecule has 0 saturated carbocycles. The van der Waals surface area contributed by atoms with E-state index in [0.29, 0.717) is 15.6 Å². The lowest BCUT2D eigenvalue weighted by Crippen LogP contribution is -1.97. The second-order valence-electron chi connectivity index (χ2n) is 4.26. The van der Waals surface area contributed by atoms with Gasteiger partial charge in [-0.1, -0.05) is 46.9 Å². The van der Waals surface area contributed by atoms with Crippen LogP contribution in [0.1, 0.15) is 15.9 Å². The Morgan fingerprint density at radius 1 is 1.09 bits per heavy atom. The Morgan fingerprint density at radius 2 is 1.82 bits per heavy atom. The first-order valence-electron chi connectivity index (χ1n) is 6.00. The third-order valence-corrected chi connectivity index (χ3v) is 3.98. The van der Waals surface area contributed by atoms with E-state index in [0.717, 1.165) is 6.07 Å². The van der Waals surface area contributed by atoms with Gasteiger partial charge in [-0.3, -0.25) is 14.9 Å². The Bertz CT molecular complexity index is 788. The van der Waals surface area contributed by atoms with E-state index in [1.54, 1.807) is 18.2 Å². The molecule has 0 saturated heterocycles. The minimum absolute atomic E-state index is 0.0246. The number of carbonyl (C=O) groups excluding carboxylic acids is 1. The van der Waals surface area contributed by atoms with Gasteiger partial charge >= 0.3 is 0 Å². The van der Waals surface area contributed by atoms with Crippen LogP contribution in [0, 0.1) is 10.1 Å². The highest BCUT2D eigenvalue weighted by Crippen LogP contribution is 2.27. The molecule has 0 heterocycles. The number of carbonyl (C=O) groups is 1. The summed E-state index contributed by atoms with van der Waals surface area (Å²) < 4.78 is 0. The summed E-state index contributed by atoms with van der Waals surface area (Å²) in [6.45, 7) is 0. The lowest BCUT2D eigenvalue weighted by atomic mass is 10.1. The molecular weight excluding hydrogens is 349 g/mol. The molecule has 0 atom stereocenters. The molecule has 0 bridgehead atoms. The van der Waals surface area contributed by atoms with Gasteiger partial charge in [0.1, 0.15) is 5.02 Å². The molecule has 112 valence electrons. The van der Waals surface area contributed by atoms with Crippen molar-refractivity contribution in [2.75, 3.05) is 0 Å². The number of ketones is 1. The summed E-state index contributed by atoms with van der Waals surface area (Å²) >= 11 is 17.6. The summed E-state index contributed by atoms with van der Waals surface area (Å²) in [5.41, 5.74) is 0.415. The van der Waals surface area contributed by atoms with Crippen LogP contribution in [0.5, 0.6) is 0 Å². The predicted molar refractivity (Wildman–Crippen MR) is 87.9 cm³/mol. The number of rotatable bonds is 4. The van der Waals surface area contributed by atoms with Crippen LogP contribution in [0.2, 0.25) is 15.1 Å². The molecule has 0 N–H and O–H groups in total. The fourth-order valence-electron chi connectivity index (χ4n) is 1.72. The molecule has 0 aliphatic heterocycles. The predicted octanol–water partition coefficient (Wildman–Crippen LogP) is 5.45. The van der Waals surface area contributed by atoms with Crippen LogP contribution >= 0.6 is 34.8 Å². The molecule has 0 aromatic heterocycles. The number of nitro benzene ring substituents is 1. The van der Waals surface area contributed by atoms with E-state index in [-0.39, 0.29) is 16.3 Å². The Hall–Kier alpha value is -1.88. The van der Waals surface area contributed by atoms with Crippen molar-refractivity contribution in [2.24, 2.45) is 0 Å². The maximum absolute atomic E-state index is 12.1. The summed E-state index contributed by atoms with van der Waals surface area (Å²) in [5, 5.41) is 11.5. The molecule has 2 aromatic rings. The molecule has 0 fully saturated rings. The summed E-state index contributed by atoms with van der Waals surface area (Å²) in [6.07, 6.45) is 2.77. The van der Waals surface area contributed by atoms with Gasteiger partial charge in [-0.2, -0.15) is 0 Å². The van der Waals surface area contributed by atoms with Gasteiger partial charge < -0.3 is 0 Å². The van der Waals surface area contributed by atoms with Crippen LogP contribution in [0.25, 0.3) is 6.08 Å². The number of hydrogen-bond donors (Lipinski definition) is 0. The monoisotopic (exact) mass is 355 g/mol. The van der Waals surface area contributed by atoms with E-state index in [9.17, 15) is 14.9 Å². The number of hydrogen-bond acceptors (Lipinski definition) is 3. The van der Waals surface area contributed by atoms with Gasteiger partial charge in [0.2, 0.25) is 0 Å². The largest absolute Gasteiger partial charge is 0.289 e. The third-order valence-electron chi connectivity index (χ3n) is 2.82. The minimum Gasteiger partial charge on any atom is -0.289 e. The van der Waals surface area contributed by atoms with E-state index in [1.807, 2.05) is 0 Å². The average Bonchev–Trinajstić information content (AvgIpc) is 2.48. The summed E-state index contributed by atoms with van der Waals surface area (Å²) in [4.78, 5) is 22.2. The number of allylic oxidation sites excluding steroid dienone is 1. The number of nitro groups is 1. The second-order valence-corrected chi connectivity index (χ2v) is 5.46. The number of benzene rings is 2. The summed E-state index contributed by atoms with van der Waals surface area (Å²) in [6, 6.07) is 8.89. The quantitative estimate of drug-likeness (QED) is 0.317. The van der Waals surface area contributed by atoms with Crippen molar-refractivity contribution < 1.29 is 9.72 Å². The molecule has 0 amide bonds. The van der Waals surface area contributed by atoms with Gasteiger partial charge in [-0.25, -0.2) is 0 Å². The Kier molecular flexibility index (Phi) is 5.19. The zero-order valence-corrected chi connectivity index (χ0v) is 13.2. The number of nitrogens with zero attached hydrogens (tertiary/aromatic N) is 1. The Labute approximate surface area is 141 Å². The fraction of sp³-hybridized carbons (Fsp3) is 0. The third kappa shape index (κ3) is 3.65. The maximum Gasteiger partial charge on any atom is 0.288 e. The van der Waals surface area contributed by atoms with Crippen molar-refractivity contribution in [1.82, 2.24) is 0 Å². The molecular formula is C15H8Cl3NO3. The van der Waals surface area contributed by atoms with E-state index >= 15 is 0 Å². The van der Waals surface area contributed by atoms with E-state index < -0.39 is 10.7 Å². The van der Waals surface area contributed by atoms with Crippen LogP contribution in [0.15, 0.2) is 42.5 Å². The lowest BCUT2D eigenvalue weighted by Gasteiger charge is -2.01. The van der Waals surface area contributed by atoms with E-state index in [2.05, 4.69) is 0 Å². The molecule has 0 aliphatic carbocycles. The van der Waals surface area contributed by atoms with Crippen LogP contribution in [0.4, 0.5) is 5.69 Å². The zero-order valence-electron chi connectivity index (χ0n) is 10.9. The zero-order chi connectivity index (χ0) is 16.3. The first-order valence-corrected chi connectivity index (χ1v) is 7.14. The van der Waals surface area contributed by atoms with Crippen molar-refractivity contribution in [3.05, 3.63) is 78.8 Å². The first-order chi connectivity index (χ1) is 10.4. The fourth-order valence-corrected chi connectivity index (χ4v) is 2.27. The number of halogens is 3. The van der Waals surface area contributed by atoms with E-state index in [4.69, 9.17) is 34.8 Å². The molecule has 4 nitrogen and oxygen atoms in total. The van der Waals surface area contributed by atoms with Crippen LogP contribution < -0.4 is 0 Å². The second kappa shape index (κ2) is 6.92. The van der Waals surface area contributed by atoms with Gasteiger partial charge in [0, 0.05) is 11.6 Å². The van der Waals surface area contributed by atoms with Gasteiger partial charge in [0.25, 0.3) is 5.69 Å². The highest BCUT2D eigenvalue weighted by atomic mass is 35.5. The van der Waals surface area contributed by atoms with Crippen LogP contribution in [-0.4, -0.2) is 10.7 Å². The lowest BCUT2D eigenvalue weighted by molar-refractivity contribution is -0.384. The first kappa shape index (κ1) is 16.5. The van der Waals surface area contributed by atoms with Gasteiger partial charge in [0.05, 0.1) is 15.0 Å². The Balaban J connectivity index is 2.29. The normalized spacial score (nSPS) is 10.9. The molecule has 22 heavy (non-hydrogen) atoms. The van der Waals surface area contributed by atoms with Crippen molar-refractivity contribution in [3.63, 3.8) is 0 Å². The minimum atomic E-state index is -0.642. The molecule has 2 rings (SSSR count). The smallest absolute Gasteiger partial charge is 0.288 e. The molecule has 0 spiro atoms. The van der Waals surface area contributed by atoms with Crippen molar-refractivity contribution in [2.45, 2.75) is 0 Å². The van der Waals surface area contributed by atoms with Crippen LogP contribution in [-0.2, 0) is 0 Å². The highest BCUT2D eigenvalue weighted by Gasteiger charge is 2.15. The molecule has 2 aromatic carbocycles. The topological polar surface area (TPSA) is 60.2 Å². The average molecular weight is 357 g/mol. The van der Waals surface area contributed by atoms with Gasteiger partial charge in [-0.15, -0.1) is 0 Å².